The van der Waals surface area contributed by atoms with Crippen LogP contribution in [0.1, 0.15) is 46.5 Å². The third kappa shape index (κ3) is 2.42. The number of hydrogen-bond acceptors (Lipinski definition) is 7. The van der Waals surface area contributed by atoms with Gasteiger partial charge in [0.15, 0.2) is 10.1 Å². The quantitative estimate of drug-likeness (QED) is 0.397. The zero-order valence-corrected chi connectivity index (χ0v) is 14.4. The van der Waals surface area contributed by atoms with Crippen molar-refractivity contribution < 1.29 is 40.8 Å². The van der Waals surface area contributed by atoms with Crippen LogP contribution in [0.5, 0.6) is 0 Å². The van der Waals surface area contributed by atoms with E-state index in [0.717, 1.165) is 0 Å². The third-order valence-corrected chi connectivity index (χ3v) is 6.56. The van der Waals surface area contributed by atoms with Gasteiger partial charge in [0.2, 0.25) is 5.60 Å². The lowest BCUT2D eigenvalue weighted by atomic mass is 9.66. The van der Waals surface area contributed by atoms with Crippen molar-refractivity contribution in [1.29, 1.82) is 0 Å². The lowest BCUT2D eigenvalue weighted by Gasteiger charge is -2.34. The van der Waals surface area contributed by atoms with E-state index in [1.54, 1.807) is 20.8 Å². The van der Waals surface area contributed by atoms with Gasteiger partial charge in [-0.1, -0.05) is 13.8 Å². The standard InChI is InChI=1S/C14H20F2O7S/c1-11(2)12(3)6-7-13(11,23-9(12)17)10(18)22-8-4-5-14(15,16)24(19,20)21/h4-8H2,1-3H3,(H,19,20,21)/p-1. The number of fused-ring (bicyclic) bond motifs is 2. The minimum absolute atomic E-state index is 0.270. The van der Waals surface area contributed by atoms with Crippen LogP contribution in [0.15, 0.2) is 0 Å². The fourth-order valence-electron chi connectivity index (χ4n) is 3.39. The minimum Gasteiger partial charge on any atom is -0.743 e. The Labute approximate surface area is 138 Å². The molecule has 1 aliphatic heterocycles. The van der Waals surface area contributed by atoms with Gasteiger partial charge < -0.3 is 14.0 Å². The van der Waals surface area contributed by atoms with E-state index in [0.29, 0.717) is 6.42 Å². The Morgan fingerprint density at radius 3 is 2.33 bits per heavy atom. The van der Waals surface area contributed by atoms with Crippen molar-refractivity contribution in [3.05, 3.63) is 0 Å². The highest BCUT2D eigenvalue weighted by Gasteiger charge is 2.76. The van der Waals surface area contributed by atoms with E-state index in [-0.39, 0.29) is 6.42 Å². The van der Waals surface area contributed by atoms with E-state index in [1.807, 2.05) is 0 Å². The smallest absolute Gasteiger partial charge is 0.351 e. The second-order valence-electron chi connectivity index (χ2n) is 7.00. The Bertz CT molecular complexity index is 673. The molecule has 138 valence electrons. The van der Waals surface area contributed by atoms with Gasteiger partial charge in [0.05, 0.1) is 12.0 Å². The molecule has 2 fully saturated rings. The number of esters is 2. The van der Waals surface area contributed by atoms with Crippen LogP contribution in [0.25, 0.3) is 0 Å². The third-order valence-electron chi connectivity index (χ3n) is 5.62. The Balaban J connectivity index is 1.99. The number of halogens is 2. The van der Waals surface area contributed by atoms with Gasteiger partial charge in [0.25, 0.3) is 0 Å². The van der Waals surface area contributed by atoms with Crippen molar-refractivity contribution in [3.8, 4) is 0 Å². The van der Waals surface area contributed by atoms with Gasteiger partial charge in [0.1, 0.15) is 0 Å². The molecule has 24 heavy (non-hydrogen) atoms. The summed E-state index contributed by atoms with van der Waals surface area (Å²) in [4.78, 5) is 24.4. The van der Waals surface area contributed by atoms with E-state index in [4.69, 9.17) is 9.47 Å². The zero-order valence-electron chi connectivity index (χ0n) is 13.6. The van der Waals surface area contributed by atoms with Crippen molar-refractivity contribution in [2.75, 3.05) is 6.61 Å². The van der Waals surface area contributed by atoms with E-state index in [9.17, 15) is 31.3 Å². The molecule has 0 spiro atoms. The lowest BCUT2D eigenvalue weighted by Crippen LogP contribution is -2.49. The van der Waals surface area contributed by atoms with Gasteiger partial charge in [-0.3, -0.25) is 4.79 Å². The number of alkyl halides is 2. The number of carbonyl (C=O) groups excluding carboxylic acids is 2. The Kier molecular flexibility index (Phi) is 4.25. The molecule has 0 amide bonds. The molecule has 2 atom stereocenters. The summed E-state index contributed by atoms with van der Waals surface area (Å²) >= 11 is 0. The SMILES string of the molecule is CC12CCC(C(=O)OCCCC(F)(F)S(=O)(=O)[O-])(OC1=O)C2(C)C. The molecule has 2 rings (SSSR count). The van der Waals surface area contributed by atoms with Crippen LogP contribution >= 0.6 is 0 Å². The zero-order chi connectivity index (χ0) is 18.6. The topological polar surface area (TPSA) is 110 Å². The first-order valence-electron chi connectivity index (χ1n) is 7.45. The average Bonchev–Trinajstić information content (AvgIpc) is 2.72. The number of ether oxygens (including phenoxy) is 2. The highest BCUT2D eigenvalue weighted by atomic mass is 32.2. The van der Waals surface area contributed by atoms with Gasteiger partial charge >= 0.3 is 17.2 Å². The monoisotopic (exact) mass is 369 g/mol. The second-order valence-corrected chi connectivity index (χ2v) is 8.51. The molecule has 7 nitrogen and oxygen atoms in total. The predicted molar refractivity (Wildman–Crippen MR) is 74.8 cm³/mol. The molecule has 0 N–H and O–H groups in total. The van der Waals surface area contributed by atoms with Gasteiger partial charge in [-0.2, -0.15) is 8.78 Å². The predicted octanol–water partition coefficient (Wildman–Crippen LogP) is 1.57. The summed E-state index contributed by atoms with van der Waals surface area (Å²) in [5.74, 6) is -1.34. The Morgan fingerprint density at radius 1 is 1.33 bits per heavy atom. The van der Waals surface area contributed by atoms with E-state index >= 15 is 0 Å². The molecule has 0 aromatic carbocycles. The molecule has 2 unspecified atom stereocenters. The van der Waals surface area contributed by atoms with Crippen LogP contribution in [0, 0.1) is 10.8 Å². The summed E-state index contributed by atoms with van der Waals surface area (Å²) in [5.41, 5.74) is -3.11. The first kappa shape index (κ1) is 19.0. The normalized spacial score (nSPS) is 31.8. The summed E-state index contributed by atoms with van der Waals surface area (Å²) < 4.78 is 67.4. The minimum atomic E-state index is -5.76. The highest BCUT2D eigenvalue weighted by Crippen LogP contribution is 2.65. The molecular formula is C14H19F2O7S-. The molecular weight excluding hydrogens is 350 g/mol. The van der Waals surface area contributed by atoms with Crippen LogP contribution in [0.3, 0.4) is 0 Å². The Hall–Kier alpha value is -1.29. The molecule has 2 aliphatic rings. The second kappa shape index (κ2) is 5.35. The van der Waals surface area contributed by atoms with Crippen molar-refractivity contribution in [1.82, 2.24) is 0 Å². The maximum absolute atomic E-state index is 13.0. The molecule has 0 aromatic heterocycles. The fourth-order valence-corrected chi connectivity index (χ4v) is 3.78. The fraction of sp³-hybridized carbons (Fsp3) is 0.857. The summed E-state index contributed by atoms with van der Waals surface area (Å²) in [6.07, 6.45) is -1.05. The van der Waals surface area contributed by atoms with Crippen LogP contribution in [-0.2, 0) is 29.2 Å². The summed E-state index contributed by atoms with van der Waals surface area (Å²) in [5, 5.41) is -4.41. The summed E-state index contributed by atoms with van der Waals surface area (Å²) in [6.45, 7) is 4.63. The van der Waals surface area contributed by atoms with Crippen molar-refractivity contribution in [2.45, 2.75) is 57.3 Å². The van der Waals surface area contributed by atoms with E-state index < -0.39 is 63.2 Å². The van der Waals surface area contributed by atoms with Crippen molar-refractivity contribution >= 4 is 22.1 Å². The molecule has 1 saturated carbocycles. The van der Waals surface area contributed by atoms with Gasteiger partial charge in [-0.15, -0.1) is 0 Å². The van der Waals surface area contributed by atoms with E-state index in [1.165, 1.54) is 0 Å². The number of rotatable bonds is 6. The molecule has 0 radical (unpaired) electrons. The molecule has 1 aliphatic carbocycles. The highest BCUT2D eigenvalue weighted by molar-refractivity contribution is 7.86. The number of hydrogen-bond donors (Lipinski definition) is 0. The molecule has 1 heterocycles. The summed E-state index contributed by atoms with van der Waals surface area (Å²) in [6, 6.07) is 0. The maximum Gasteiger partial charge on any atom is 0.351 e. The van der Waals surface area contributed by atoms with Crippen molar-refractivity contribution in [3.63, 3.8) is 0 Å². The maximum atomic E-state index is 13.0. The van der Waals surface area contributed by atoms with Crippen molar-refractivity contribution in [2.24, 2.45) is 10.8 Å². The lowest BCUT2D eigenvalue weighted by molar-refractivity contribution is -0.183. The van der Waals surface area contributed by atoms with Crippen LogP contribution in [0.2, 0.25) is 0 Å². The first-order valence-corrected chi connectivity index (χ1v) is 8.86. The van der Waals surface area contributed by atoms with E-state index in [2.05, 4.69) is 0 Å². The molecule has 0 aromatic rings. The molecule has 2 bridgehead atoms. The largest absolute Gasteiger partial charge is 0.743 e. The average molecular weight is 369 g/mol. The first-order chi connectivity index (χ1) is 10.7. The molecule has 10 heteroatoms. The van der Waals surface area contributed by atoms with Gasteiger partial charge in [-0.05, 0) is 26.2 Å². The Morgan fingerprint density at radius 2 is 1.92 bits per heavy atom. The number of carbonyl (C=O) groups is 2. The summed E-state index contributed by atoms with van der Waals surface area (Å²) in [7, 11) is -5.76. The van der Waals surface area contributed by atoms with Gasteiger partial charge in [0, 0.05) is 11.8 Å². The van der Waals surface area contributed by atoms with Gasteiger partial charge in [-0.25, -0.2) is 13.2 Å². The van der Waals surface area contributed by atoms with Crippen LogP contribution < -0.4 is 0 Å². The van der Waals surface area contributed by atoms with Crippen LogP contribution in [0.4, 0.5) is 8.78 Å². The molecule has 1 saturated heterocycles. The van der Waals surface area contributed by atoms with Crippen LogP contribution in [-0.4, -0.2) is 42.4 Å².